The van der Waals surface area contributed by atoms with Crippen molar-refractivity contribution in [1.29, 1.82) is 0 Å². The van der Waals surface area contributed by atoms with Crippen LogP contribution < -0.4 is 10.1 Å². The van der Waals surface area contributed by atoms with Crippen LogP contribution in [0.4, 0.5) is 4.39 Å². The van der Waals surface area contributed by atoms with Crippen LogP contribution in [-0.2, 0) is 6.42 Å². The zero-order valence-electron chi connectivity index (χ0n) is 11.5. The summed E-state index contributed by atoms with van der Waals surface area (Å²) in [6.07, 6.45) is 0.930. The van der Waals surface area contributed by atoms with Gasteiger partial charge in [0, 0.05) is 12.0 Å². The van der Waals surface area contributed by atoms with Crippen LogP contribution in [0, 0.1) is 5.82 Å². The fraction of sp³-hybridized carbons (Fsp3) is 0.294. The molecule has 2 nitrogen and oxygen atoms in total. The van der Waals surface area contributed by atoms with E-state index in [-0.39, 0.29) is 11.9 Å². The summed E-state index contributed by atoms with van der Waals surface area (Å²) in [5.41, 5.74) is 2.98. The molecule has 0 aliphatic carbocycles. The lowest BCUT2D eigenvalue weighted by atomic mass is 9.96. The molecule has 3 rings (SSSR count). The number of rotatable bonds is 4. The van der Waals surface area contributed by atoms with Crippen molar-refractivity contribution < 1.29 is 9.13 Å². The normalized spacial score (nSPS) is 14.7. The Balaban J connectivity index is 2.01. The third-order valence-corrected chi connectivity index (χ3v) is 3.67. The number of fused-ring (bicyclic) bond motifs is 1. The van der Waals surface area contributed by atoms with Gasteiger partial charge in [-0.2, -0.15) is 0 Å². The minimum atomic E-state index is -0.171. The minimum absolute atomic E-state index is 0.118. The number of hydrogen-bond acceptors (Lipinski definition) is 2. The van der Waals surface area contributed by atoms with Crippen LogP contribution in [0.1, 0.15) is 29.7 Å². The van der Waals surface area contributed by atoms with Gasteiger partial charge < -0.3 is 10.1 Å². The highest BCUT2D eigenvalue weighted by Gasteiger charge is 2.19. The zero-order chi connectivity index (χ0) is 13.9. The Morgan fingerprint density at radius 1 is 1.25 bits per heavy atom. The van der Waals surface area contributed by atoms with E-state index in [9.17, 15) is 4.39 Å². The van der Waals surface area contributed by atoms with Crippen LogP contribution in [0.15, 0.2) is 42.5 Å². The number of halogens is 1. The smallest absolute Gasteiger partial charge is 0.128 e. The SMILES string of the molecule is CCNC(c1ccc2c(c1)CCO2)c1ccccc1F. The van der Waals surface area contributed by atoms with Crippen LogP contribution >= 0.6 is 0 Å². The van der Waals surface area contributed by atoms with E-state index in [2.05, 4.69) is 11.4 Å². The van der Waals surface area contributed by atoms with Crippen LogP contribution in [0.2, 0.25) is 0 Å². The first-order valence-electron chi connectivity index (χ1n) is 7.03. The molecule has 0 spiro atoms. The number of benzene rings is 2. The van der Waals surface area contributed by atoms with Crippen molar-refractivity contribution in [3.8, 4) is 5.75 Å². The van der Waals surface area contributed by atoms with Crippen LogP contribution in [0.3, 0.4) is 0 Å². The summed E-state index contributed by atoms with van der Waals surface area (Å²) in [6, 6.07) is 13.0. The lowest BCUT2D eigenvalue weighted by Crippen LogP contribution is -2.23. The first-order valence-corrected chi connectivity index (χ1v) is 7.03. The van der Waals surface area contributed by atoms with Gasteiger partial charge >= 0.3 is 0 Å². The maximum atomic E-state index is 14.1. The largest absolute Gasteiger partial charge is 0.493 e. The molecule has 104 valence electrons. The summed E-state index contributed by atoms with van der Waals surface area (Å²) in [4.78, 5) is 0. The van der Waals surface area contributed by atoms with Crippen LogP contribution in [0.25, 0.3) is 0 Å². The predicted octanol–water partition coefficient (Wildman–Crippen LogP) is 3.46. The van der Waals surface area contributed by atoms with Gasteiger partial charge in [-0.3, -0.25) is 0 Å². The van der Waals surface area contributed by atoms with Gasteiger partial charge in [-0.15, -0.1) is 0 Å². The second kappa shape index (κ2) is 5.63. The van der Waals surface area contributed by atoms with Gasteiger partial charge in [-0.05, 0) is 29.8 Å². The minimum Gasteiger partial charge on any atom is -0.493 e. The molecule has 1 aliphatic heterocycles. The first-order chi connectivity index (χ1) is 9.79. The average Bonchev–Trinajstić information content (AvgIpc) is 2.93. The first kappa shape index (κ1) is 13.1. The van der Waals surface area contributed by atoms with Crippen molar-refractivity contribution in [2.45, 2.75) is 19.4 Å². The molecule has 2 aromatic rings. The van der Waals surface area contributed by atoms with Crippen molar-refractivity contribution in [1.82, 2.24) is 5.32 Å². The highest BCUT2D eigenvalue weighted by atomic mass is 19.1. The maximum Gasteiger partial charge on any atom is 0.128 e. The van der Waals surface area contributed by atoms with Crippen molar-refractivity contribution in [3.05, 3.63) is 65.0 Å². The molecule has 1 heterocycles. The molecule has 0 saturated heterocycles. The van der Waals surface area contributed by atoms with Gasteiger partial charge in [-0.1, -0.05) is 37.3 Å². The highest BCUT2D eigenvalue weighted by molar-refractivity contribution is 5.43. The molecule has 1 atom stereocenters. The fourth-order valence-corrected chi connectivity index (χ4v) is 2.71. The third kappa shape index (κ3) is 2.41. The molecule has 1 N–H and O–H groups in total. The van der Waals surface area contributed by atoms with E-state index >= 15 is 0 Å². The zero-order valence-corrected chi connectivity index (χ0v) is 11.5. The van der Waals surface area contributed by atoms with Gasteiger partial charge in [-0.25, -0.2) is 4.39 Å². The third-order valence-electron chi connectivity index (χ3n) is 3.67. The van der Waals surface area contributed by atoms with Crippen molar-refractivity contribution in [2.75, 3.05) is 13.2 Å². The second-order valence-corrected chi connectivity index (χ2v) is 4.98. The van der Waals surface area contributed by atoms with E-state index in [4.69, 9.17) is 4.74 Å². The van der Waals surface area contributed by atoms with E-state index < -0.39 is 0 Å². The van der Waals surface area contributed by atoms with E-state index in [1.54, 1.807) is 6.07 Å². The van der Waals surface area contributed by atoms with Crippen LogP contribution in [0.5, 0.6) is 5.75 Å². The molecule has 1 unspecified atom stereocenters. The molecule has 0 bridgehead atoms. The Kier molecular flexibility index (Phi) is 3.70. The van der Waals surface area contributed by atoms with E-state index in [0.29, 0.717) is 5.56 Å². The second-order valence-electron chi connectivity index (χ2n) is 4.98. The maximum absolute atomic E-state index is 14.1. The number of nitrogens with one attached hydrogen (secondary N) is 1. The van der Waals surface area contributed by atoms with Gasteiger partial charge in [0.05, 0.1) is 12.6 Å². The van der Waals surface area contributed by atoms with E-state index in [1.807, 2.05) is 31.2 Å². The summed E-state index contributed by atoms with van der Waals surface area (Å²) in [5.74, 6) is 0.785. The molecular weight excluding hydrogens is 253 g/mol. The van der Waals surface area contributed by atoms with Gasteiger partial charge in [0.1, 0.15) is 11.6 Å². The van der Waals surface area contributed by atoms with Crippen LogP contribution in [-0.4, -0.2) is 13.2 Å². The highest BCUT2D eigenvalue weighted by Crippen LogP contribution is 2.31. The summed E-state index contributed by atoms with van der Waals surface area (Å²) < 4.78 is 19.6. The molecule has 0 fully saturated rings. The molecule has 0 aromatic heterocycles. The molecule has 1 aliphatic rings. The Morgan fingerprint density at radius 3 is 2.90 bits per heavy atom. The monoisotopic (exact) mass is 271 g/mol. The number of ether oxygens (including phenoxy) is 1. The van der Waals surface area contributed by atoms with E-state index in [0.717, 1.165) is 30.9 Å². The molecule has 2 aromatic carbocycles. The summed E-state index contributed by atoms with van der Waals surface area (Å²) >= 11 is 0. The lowest BCUT2D eigenvalue weighted by molar-refractivity contribution is 0.357. The predicted molar refractivity (Wildman–Crippen MR) is 77.6 cm³/mol. The molecular formula is C17H18FNO. The molecule has 20 heavy (non-hydrogen) atoms. The van der Waals surface area contributed by atoms with E-state index in [1.165, 1.54) is 11.6 Å². The quantitative estimate of drug-likeness (QED) is 0.919. The molecule has 0 saturated carbocycles. The Morgan fingerprint density at radius 2 is 2.10 bits per heavy atom. The average molecular weight is 271 g/mol. The molecule has 0 amide bonds. The van der Waals surface area contributed by atoms with Gasteiger partial charge in [0.15, 0.2) is 0 Å². The summed E-state index contributed by atoms with van der Waals surface area (Å²) in [6.45, 7) is 3.56. The van der Waals surface area contributed by atoms with Crippen molar-refractivity contribution in [2.24, 2.45) is 0 Å². The number of hydrogen-bond donors (Lipinski definition) is 1. The van der Waals surface area contributed by atoms with Gasteiger partial charge in [0.25, 0.3) is 0 Å². The summed E-state index contributed by atoms with van der Waals surface area (Å²) in [7, 11) is 0. The molecule has 0 radical (unpaired) electrons. The Labute approximate surface area is 118 Å². The standard InChI is InChI=1S/C17H18FNO/c1-2-19-17(14-5-3-4-6-15(14)18)13-7-8-16-12(11-13)9-10-20-16/h3-8,11,17,19H,2,9-10H2,1H3. The Hall–Kier alpha value is -1.87. The fourth-order valence-electron chi connectivity index (χ4n) is 2.71. The van der Waals surface area contributed by atoms with Crippen molar-refractivity contribution >= 4 is 0 Å². The summed E-state index contributed by atoms with van der Waals surface area (Å²) in [5, 5.41) is 3.37. The van der Waals surface area contributed by atoms with Crippen molar-refractivity contribution in [3.63, 3.8) is 0 Å². The molecule has 3 heteroatoms. The topological polar surface area (TPSA) is 21.3 Å². The lowest BCUT2D eigenvalue weighted by Gasteiger charge is -2.20. The Bertz CT molecular complexity index is 612. The van der Waals surface area contributed by atoms with Gasteiger partial charge in [0.2, 0.25) is 0 Å².